The third-order valence-electron chi connectivity index (χ3n) is 5.24. The molecule has 0 radical (unpaired) electrons. The van der Waals surface area contributed by atoms with Crippen LogP contribution >= 0.6 is 0 Å². The summed E-state index contributed by atoms with van der Waals surface area (Å²) in [7, 11) is 3.06. The van der Waals surface area contributed by atoms with E-state index in [0.717, 1.165) is 19.6 Å². The van der Waals surface area contributed by atoms with Gasteiger partial charge in [-0.15, -0.1) is 0 Å². The van der Waals surface area contributed by atoms with Gasteiger partial charge >= 0.3 is 0 Å². The van der Waals surface area contributed by atoms with E-state index in [1.54, 1.807) is 49.6 Å². The SMILES string of the molecule is CCN(CC)CCNC(=O)c1nn(-c2ccc(OC)cc2OC)c(=O)c2ccccc12. The number of rotatable bonds is 9. The van der Waals surface area contributed by atoms with Crippen LogP contribution in [0.5, 0.6) is 11.5 Å². The van der Waals surface area contributed by atoms with E-state index in [1.807, 2.05) is 0 Å². The van der Waals surface area contributed by atoms with E-state index in [9.17, 15) is 9.59 Å². The quantitative estimate of drug-likeness (QED) is 0.568. The molecule has 3 aromatic rings. The molecule has 0 aliphatic carbocycles. The summed E-state index contributed by atoms with van der Waals surface area (Å²) in [6.45, 7) is 7.21. The molecule has 0 spiro atoms. The van der Waals surface area contributed by atoms with Crippen LogP contribution in [0.15, 0.2) is 47.3 Å². The maximum absolute atomic E-state index is 13.2. The first-order valence-corrected chi connectivity index (χ1v) is 10.3. The molecule has 1 N–H and O–H groups in total. The molecule has 0 saturated carbocycles. The zero-order valence-electron chi connectivity index (χ0n) is 18.3. The number of carbonyl (C=O) groups excluding carboxylic acids is 1. The molecule has 0 saturated heterocycles. The Labute approximate surface area is 181 Å². The first-order chi connectivity index (χ1) is 15.0. The largest absolute Gasteiger partial charge is 0.497 e. The van der Waals surface area contributed by atoms with E-state index in [-0.39, 0.29) is 17.2 Å². The highest BCUT2D eigenvalue weighted by atomic mass is 16.5. The lowest BCUT2D eigenvalue weighted by atomic mass is 10.1. The summed E-state index contributed by atoms with van der Waals surface area (Å²) in [5.74, 6) is 0.672. The zero-order chi connectivity index (χ0) is 22.4. The minimum atomic E-state index is -0.334. The molecular weight excluding hydrogens is 396 g/mol. The standard InChI is InChI=1S/C23H28N4O4/c1-5-26(6-2)14-13-24-22(28)21-17-9-7-8-10-18(17)23(29)27(25-21)19-12-11-16(30-3)15-20(19)31-4/h7-12,15H,5-6,13-14H2,1-4H3,(H,24,28). The molecule has 1 amide bonds. The Morgan fingerprint density at radius 1 is 1.06 bits per heavy atom. The summed E-state index contributed by atoms with van der Waals surface area (Å²) < 4.78 is 11.9. The van der Waals surface area contributed by atoms with Gasteiger partial charge in [-0.05, 0) is 31.3 Å². The minimum Gasteiger partial charge on any atom is -0.497 e. The van der Waals surface area contributed by atoms with Gasteiger partial charge in [-0.2, -0.15) is 9.78 Å². The number of aromatic nitrogens is 2. The molecule has 0 aliphatic rings. The zero-order valence-corrected chi connectivity index (χ0v) is 18.3. The number of carbonyl (C=O) groups is 1. The van der Waals surface area contributed by atoms with Crippen LogP contribution in [0.25, 0.3) is 16.5 Å². The normalized spacial score (nSPS) is 11.0. The fourth-order valence-corrected chi connectivity index (χ4v) is 3.43. The maximum Gasteiger partial charge on any atom is 0.279 e. The van der Waals surface area contributed by atoms with Crippen LogP contribution in [0.1, 0.15) is 24.3 Å². The van der Waals surface area contributed by atoms with Crippen molar-refractivity contribution < 1.29 is 14.3 Å². The molecule has 0 bridgehead atoms. The average molecular weight is 425 g/mol. The van der Waals surface area contributed by atoms with E-state index in [0.29, 0.717) is 34.5 Å². The maximum atomic E-state index is 13.2. The Morgan fingerprint density at radius 3 is 2.42 bits per heavy atom. The van der Waals surface area contributed by atoms with E-state index >= 15 is 0 Å². The van der Waals surface area contributed by atoms with Crippen molar-refractivity contribution in [3.05, 3.63) is 58.5 Å². The van der Waals surface area contributed by atoms with Crippen molar-refractivity contribution in [2.75, 3.05) is 40.4 Å². The molecule has 3 rings (SSSR count). The molecule has 8 nitrogen and oxygen atoms in total. The van der Waals surface area contributed by atoms with Crippen molar-refractivity contribution in [3.63, 3.8) is 0 Å². The van der Waals surface area contributed by atoms with Crippen LogP contribution in [-0.4, -0.2) is 61.0 Å². The lowest BCUT2D eigenvalue weighted by Gasteiger charge is -2.18. The van der Waals surface area contributed by atoms with E-state index < -0.39 is 0 Å². The number of methoxy groups -OCH3 is 2. The highest BCUT2D eigenvalue weighted by Gasteiger charge is 2.19. The van der Waals surface area contributed by atoms with Crippen LogP contribution in [0.4, 0.5) is 0 Å². The molecule has 0 unspecified atom stereocenters. The fourth-order valence-electron chi connectivity index (χ4n) is 3.43. The number of likely N-dealkylation sites (N-methyl/N-ethyl adjacent to an activating group) is 1. The second-order valence-corrected chi connectivity index (χ2v) is 6.93. The Kier molecular flexibility index (Phi) is 7.25. The highest BCUT2D eigenvalue weighted by Crippen LogP contribution is 2.27. The Bertz CT molecular complexity index is 1120. The Balaban J connectivity index is 2.06. The third-order valence-corrected chi connectivity index (χ3v) is 5.24. The van der Waals surface area contributed by atoms with Gasteiger partial charge in [0.1, 0.15) is 17.2 Å². The van der Waals surface area contributed by atoms with Crippen molar-refractivity contribution in [2.24, 2.45) is 0 Å². The van der Waals surface area contributed by atoms with Gasteiger partial charge in [0, 0.05) is 24.5 Å². The van der Waals surface area contributed by atoms with Crippen molar-refractivity contribution in [2.45, 2.75) is 13.8 Å². The average Bonchev–Trinajstić information content (AvgIpc) is 2.81. The topological polar surface area (TPSA) is 85.7 Å². The van der Waals surface area contributed by atoms with Crippen LogP contribution in [0.2, 0.25) is 0 Å². The number of benzene rings is 2. The monoisotopic (exact) mass is 424 g/mol. The van der Waals surface area contributed by atoms with Crippen molar-refractivity contribution in [1.82, 2.24) is 20.0 Å². The summed E-state index contributed by atoms with van der Waals surface area (Å²) in [4.78, 5) is 28.4. The second kappa shape index (κ2) is 10.1. The lowest BCUT2D eigenvalue weighted by Crippen LogP contribution is -2.36. The van der Waals surface area contributed by atoms with Crippen LogP contribution < -0.4 is 20.3 Å². The summed E-state index contributed by atoms with van der Waals surface area (Å²) in [6.07, 6.45) is 0. The molecule has 0 atom stereocenters. The van der Waals surface area contributed by atoms with Crippen LogP contribution in [-0.2, 0) is 0 Å². The molecular formula is C23H28N4O4. The third kappa shape index (κ3) is 4.69. The minimum absolute atomic E-state index is 0.188. The lowest BCUT2D eigenvalue weighted by molar-refractivity contribution is 0.0944. The van der Waals surface area contributed by atoms with E-state index in [2.05, 4.69) is 29.2 Å². The van der Waals surface area contributed by atoms with Gasteiger partial charge in [-0.25, -0.2) is 0 Å². The highest BCUT2D eigenvalue weighted by molar-refractivity contribution is 6.04. The van der Waals surface area contributed by atoms with Gasteiger partial charge in [-0.3, -0.25) is 9.59 Å². The predicted molar refractivity (Wildman–Crippen MR) is 121 cm³/mol. The van der Waals surface area contributed by atoms with Crippen molar-refractivity contribution in [1.29, 1.82) is 0 Å². The van der Waals surface area contributed by atoms with Crippen LogP contribution in [0, 0.1) is 0 Å². The number of ether oxygens (including phenoxy) is 2. The van der Waals surface area contributed by atoms with E-state index in [1.165, 1.54) is 11.8 Å². The number of fused-ring (bicyclic) bond motifs is 1. The molecule has 1 heterocycles. The van der Waals surface area contributed by atoms with Gasteiger partial charge < -0.3 is 19.7 Å². The molecule has 1 aromatic heterocycles. The summed E-state index contributed by atoms with van der Waals surface area (Å²) >= 11 is 0. The van der Waals surface area contributed by atoms with Gasteiger partial charge in [0.15, 0.2) is 5.69 Å². The first kappa shape index (κ1) is 22.3. The predicted octanol–water partition coefficient (Wildman–Crippen LogP) is 2.47. The molecule has 164 valence electrons. The summed E-state index contributed by atoms with van der Waals surface area (Å²) in [6, 6.07) is 12.0. The second-order valence-electron chi connectivity index (χ2n) is 6.93. The van der Waals surface area contributed by atoms with Crippen molar-refractivity contribution in [3.8, 4) is 17.2 Å². The first-order valence-electron chi connectivity index (χ1n) is 10.3. The number of nitrogens with zero attached hydrogens (tertiary/aromatic N) is 3. The van der Waals surface area contributed by atoms with Gasteiger partial charge in [0.2, 0.25) is 0 Å². The number of nitrogens with one attached hydrogen (secondary N) is 1. The molecule has 0 fully saturated rings. The summed E-state index contributed by atoms with van der Waals surface area (Å²) in [5, 5.41) is 8.27. The van der Waals surface area contributed by atoms with Gasteiger partial charge in [0.05, 0.1) is 19.6 Å². The molecule has 31 heavy (non-hydrogen) atoms. The van der Waals surface area contributed by atoms with Gasteiger partial charge in [0.25, 0.3) is 11.5 Å². The van der Waals surface area contributed by atoms with Crippen molar-refractivity contribution >= 4 is 16.7 Å². The summed E-state index contributed by atoms with van der Waals surface area (Å²) in [5.41, 5.74) is 0.280. The van der Waals surface area contributed by atoms with Crippen LogP contribution in [0.3, 0.4) is 0 Å². The fraction of sp³-hybridized carbons (Fsp3) is 0.348. The number of amides is 1. The van der Waals surface area contributed by atoms with Gasteiger partial charge in [-0.1, -0.05) is 32.0 Å². The smallest absolute Gasteiger partial charge is 0.279 e. The number of hydrogen-bond acceptors (Lipinski definition) is 6. The Hall–Kier alpha value is -3.39. The molecule has 8 heteroatoms. The van der Waals surface area contributed by atoms with E-state index in [4.69, 9.17) is 9.47 Å². The molecule has 0 aliphatic heterocycles. The number of hydrogen-bond donors (Lipinski definition) is 1. The Morgan fingerprint density at radius 2 is 1.77 bits per heavy atom. The molecule has 2 aromatic carbocycles.